The van der Waals surface area contributed by atoms with Crippen LogP contribution in [0.3, 0.4) is 0 Å². The van der Waals surface area contributed by atoms with E-state index in [-0.39, 0.29) is 60.6 Å². The van der Waals surface area contributed by atoms with Crippen molar-refractivity contribution in [3.8, 4) is 40.2 Å². The molecule has 0 spiro atoms. The van der Waals surface area contributed by atoms with Crippen molar-refractivity contribution < 1.29 is 77.0 Å². The summed E-state index contributed by atoms with van der Waals surface area (Å²) in [7, 11) is 2.84. The number of phenols is 2. The highest BCUT2D eigenvalue weighted by molar-refractivity contribution is 5.79. The van der Waals surface area contributed by atoms with Crippen molar-refractivity contribution in [3.63, 3.8) is 0 Å². The molecule has 360 valence electrons. The van der Waals surface area contributed by atoms with Crippen LogP contribution in [0.4, 0.5) is 4.79 Å². The second kappa shape index (κ2) is 19.2. The summed E-state index contributed by atoms with van der Waals surface area (Å²) < 4.78 is 66.1. The van der Waals surface area contributed by atoms with E-state index in [9.17, 15) is 24.9 Å². The zero-order valence-electron chi connectivity index (χ0n) is 38.7. The number of ether oxygens (including phenoxy) is 11. The van der Waals surface area contributed by atoms with E-state index in [1.165, 1.54) is 14.2 Å². The van der Waals surface area contributed by atoms with Crippen molar-refractivity contribution in [2.24, 2.45) is 17.8 Å². The maximum Gasteiger partial charge on any atom is 0.514 e. The summed E-state index contributed by atoms with van der Waals surface area (Å²) in [5.74, 6) is -1.94. The van der Waals surface area contributed by atoms with Crippen LogP contribution in [0.25, 0.3) is 0 Å². The third-order valence-corrected chi connectivity index (χ3v) is 14.1. The largest absolute Gasteiger partial charge is 0.514 e. The first-order valence-corrected chi connectivity index (χ1v) is 23.2. The highest BCUT2D eigenvalue weighted by atomic mass is 16.8. The van der Waals surface area contributed by atoms with Gasteiger partial charge in [-0.05, 0) is 111 Å². The zero-order chi connectivity index (χ0) is 47.3. The van der Waals surface area contributed by atoms with E-state index in [2.05, 4.69) is 19.6 Å². The van der Waals surface area contributed by atoms with Crippen LogP contribution in [-0.2, 0) is 39.6 Å². The van der Waals surface area contributed by atoms with Crippen molar-refractivity contribution in [2.75, 3.05) is 34.2 Å². The molecule has 0 saturated carbocycles. The number of aryl methyl sites for hydroxylation is 1. The smallest absolute Gasteiger partial charge is 0.507 e. The molecule has 2 aliphatic carbocycles. The molecule has 3 fully saturated rings. The maximum absolute atomic E-state index is 14.4. The molecular weight excluding hydrogens is 869 g/mol. The van der Waals surface area contributed by atoms with Gasteiger partial charge in [0.1, 0.15) is 29.8 Å². The number of cyclic esters (lactones) is 1. The van der Waals surface area contributed by atoms with Crippen LogP contribution in [0.2, 0.25) is 0 Å². The van der Waals surface area contributed by atoms with Crippen molar-refractivity contribution >= 4 is 12.1 Å². The van der Waals surface area contributed by atoms with Gasteiger partial charge in [0.05, 0.1) is 39.5 Å². The number of fused-ring (bicyclic) bond motifs is 4. The Morgan fingerprint density at radius 2 is 1.66 bits per heavy atom. The molecule has 3 aromatic carbocycles. The number of aliphatic hydroxyl groups excluding tert-OH is 1. The topological polar surface area (TPSA) is 196 Å². The van der Waals surface area contributed by atoms with E-state index < -0.39 is 73.0 Å². The van der Waals surface area contributed by atoms with E-state index in [1.807, 2.05) is 13.8 Å². The molecule has 0 aromatic heterocycles. The van der Waals surface area contributed by atoms with E-state index in [4.69, 9.17) is 52.1 Å². The maximum atomic E-state index is 14.4. The summed E-state index contributed by atoms with van der Waals surface area (Å²) in [4.78, 5) is 28.4. The Morgan fingerprint density at radius 1 is 0.925 bits per heavy atom. The van der Waals surface area contributed by atoms with Gasteiger partial charge in [-0.15, -0.1) is 0 Å². The minimum absolute atomic E-state index is 0.00381. The number of carbonyl (C=O) groups excluding carboxylic acids is 2. The van der Waals surface area contributed by atoms with E-state index >= 15 is 0 Å². The van der Waals surface area contributed by atoms with Crippen LogP contribution in [0, 0.1) is 17.8 Å². The number of aliphatic hydroxyl groups is 1. The first-order valence-electron chi connectivity index (χ1n) is 23.2. The molecule has 67 heavy (non-hydrogen) atoms. The average Bonchev–Trinajstić information content (AvgIpc) is 3.93. The molecule has 4 aliphatic heterocycles. The first kappa shape index (κ1) is 46.6. The molecule has 3 aromatic rings. The molecule has 6 aliphatic rings. The number of unbranched alkanes of at least 4 members (excludes halogenated alkanes) is 2. The number of benzene rings is 3. The third kappa shape index (κ3) is 8.90. The molecule has 0 radical (unpaired) electrons. The predicted octanol–water partition coefficient (Wildman–Crippen LogP) is 8.02. The van der Waals surface area contributed by atoms with E-state index in [0.717, 1.165) is 48.8 Å². The molecule has 9 rings (SSSR count). The molecule has 16 heteroatoms. The molecule has 0 bridgehead atoms. The number of aromatic hydroxyl groups is 2. The van der Waals surface area contributed by atoms with Gasteiger partial charge in [-0.3, -0.25) is 4.79 Å². The Hall–Kier alpha value is -5.52. The Kier molecular flexibility index (Phi) is 13.4. The van der Waals surface area contributed by atoms with Crippen LogP contribution < -0.4 is 23.7 Å². The highest BCUT2D eigenvalue weighted by Gasteiger charge is 2.57. The molecule has 16 nitrogen and oxygen atoms in total. The Morgan fingerprint density at radius 3 is 2.36 bits per heavy atom. The number of hydrogen-bond acceptors (Lipinski definition) is 16. The summed E-state index contributed by atoms with van der Waals surface area (Å²) in [6.07, 6.45) is -1.93. The Labute approximate surface area is 389 Å². The molecule has 3 N–H and O–H groups in total. The first-order chi connectivity index (χ1) is 32.3. The van der Waals surface area contributed by atoms with Gasteiger partial charge in [0.15, 0.2) is 41.7 Å². The van der Waals surface area contributed by atoms with Gasteiger partial charge in [-0.2, -0.15) is 0 Å². The summed E-state index contributed by atoms with van der Waals surface area (Å²) in [6, 6.07) is 10.4. The molecule has 3 unspecified atom stereocenters. The fourth-order valence-corrected chi connectivity index (χ4v) is 10.8. The number of carbonyl (C=O) groups is 2. The van der Waals surface area contributed by atoms with Crippen molar-refractivity contribution in [1.82, 2.24) is 0 Å². The highest BCUT2D eigenvalue weighted by Crippen LogP contribution is 2.57. The number of methoxy groups -OCH3 is 2. The second-order valence-corrected chi connectivity index (χ2v) is 18.4. The standard InChI is InChI=1S/C51H60O16/c1-8-9-10-11-27-15-34(52)42(30-14-25(4)12-13-29(30)24(2)3)37(16-27)65-51(56)67-48-45(54)47-40(22-59-26(5)63-47)64-50(48)66-46-32-20-36-35(61-23-62-36)19-31(32)41(43-33(46)21-60-49(43)55)28-17-38(57-6)44(53)39(18-28)58-7/h14-20,26,29-30,33,40-41,43,45-48,50,52-54H,2,8-13,21-23H2,1,3-7H3/t26-,29?,30?,33+,40-,41-,43+,45+,46-,47-,48-,50?/m1/s1. The van der Waals surface area contributed by atoms with Crippen molar-refractivity contribution in [3.05, 3.63) is 88.0 Å². The molecule has 12 atom stereocenters. The number of phenolic OH excluding ortho intramolecular Hbond substituents is 2. The van der Waals surface area contributed by atoms with Crippen LogP contribution >= 0.6 is 0 Å². The lowest BCUT2D eigenvalue weighted by molar-refractivity contribution is -0.364. The fraction of sp³-hybridized carbons (Fsp3) is 0.529. The Bertz CT molecular complexity index is 2390. The third-order valence-electron chi connectivity index (χ3n) is 14.1. The van der Waals surface area contributed by atoms with Gasteiger partial charge >= 0.3 is 12.1 Å². The Balaban J connectivity index is 1.09. The monoisotopic (exact) mass is 928 g/mol. The van der Waals surface area contributed by atoms with Gasteiger partial charge in [0.25, 0.3) is 0 Å². The second-order valence-electron chi connectivity index (χ2n) is 18.4. The van der Waals surface area contributed by atoms with Crippen LogP contribution in [0.5, 0.6) is 40.2 Å². The average molecular weight is 929 g/mol. The van der Waals surface area contributed by atoms with Crippen LogP contribution in [0.1, 0.15) is 106 Å². The summed E-state index contributed by atoms with van der Waals surface area (Å²) in [5.41, 5.74) is 5.12. The van der Waals surface area contributed by atoms with Gasteiger partial charge in [-0.25, -0.2) is 4.79 Å². The molecule has 4 heterocycles. The summed E-state index contributed by atoms with van der Waals surface area (Å²) >= 11 is 0. The van der Waals surface area contributed by atoms with Crippen molar-refractivity contribution in [1.29, 1.82) is 0 Å². The van der Waals surface area contributed by atoms with Gasteiger partial charge < -0.3 is 67.4 Å². The number of rotatable bonds is 13. The van der Waals surface area contributed by atoms with Crippen molar-refractivity contribution in [2.45, 2.75) is 121 Å². The molecule has 3 saturated heterocycles. The van der Waals surface area contributed by atoms with Crippen LogP contribution in [0.15, 0.2) is 60.2 Å². The minimum atomic E-state index is -1.54. The number of esters is 1. The van der Waals surface area contributed by atoms with E-state index in [1.54, 1.807) is 43.3 Å². The summed E-state index contributed by atoms with van der Waals surface area (Å²) in [5, 5.41) is 34.7. The quantitative estimate of drug-likeness (QED) is 0.0644. The van der Waals surface area contributed by atoms with Gasteiger partial charge in [0.2, 0.25) is 12.5 Å². The lowest BCUT2D eigenvalue weighted by Gasteiger charge is -2.48. The zero-order valence-corrected chi connectivity index (χ0v) is 38.7. The van der Waals surface area contributed by atoms with Gasteiger partial charge in [-0.1, -0.05) is 43.6 Å². The molecular formula is C51H60O16. The SMILES string of the molecule is C=C(C)C1CCC(C)=CC1c1c(O)cc(CCCCC)cc1OC(=O)O[C@H]1C(O[C@@H]2c3cc4c(cc3[C@@H](c3cc(OC)c(O)c(OC)c3)[C@H]3C(=O)OC[C@@H]32)OCO4)O[C@@H]2CO[C@@H](C)O[C@H]2[C@@H]1O. The normalized spacial score (nSPS) is 30.6. The minimum Gasteiger partial charge on any atom is -0.507 e. The predicted molar refractivity (Wildman–Crippen MR) is 239 cm³/mol. The van der Waals surface area contributed by atoms with Gasteiger partial charge in [0, 0.05) is 23.3 Å². The lowest BCUT2D eigenvalue weighted by Crippen LogP contribution is -2.64. The fourth-order valence-electron chi connectivity index (χ4n) is 10.8. The van der Waals surface area contributed by atoms with Crippen LogP contribution in [-0.4, -0.2) is 98.7 Å². The number of hydrogen-bond donors (Lipinski definition) is 3. The lowest BCUT2D eigenvalue weighted by atomic mass is 9.66. The number of allylic oxidation sites excluding steroid dienone is 3. The molecule has 0 amide bonds. The summed E-state index contributed by atoms with van der Waals surface area (Å²) in [6.45, 7) is 12.0. The van der Waals surface area contributed by atoms with E-state index in [0.29, 0.717) is 40.2 Å².